The third-order valence-corrected chi connectivity index (χ3v) is 10.2. The number of likely N-dealkylation sites (tertiary alicyclic amines) is 1. The molecule has 2 unspecified atom stereocenters. The summed E-state index contributed by atoms with van der Waals surface area (Å²) >= 11 is 6.13. The smallest absolute Gasteiger partial charge is 0.202 e. The van der Waals surface area contributed by atoms with Gasteiger partial charge in [0.25, 0.3) is 0 Å². The second kappa shape index (κ2) is 16.2. The Bertz CT molecular complexity index is 1910. The minimum Gasteiger partial charge on any atom is -0.491 e. The van der Waals surface area contributed by atoms with Crippen molar-refractivity contribution in [1.82, 2.24) is 35.1 Å². The van der Waals surface area contributed by atoms with Crippen molar-refractivity contribution >= 4 is 40.1 Å². The van der Waals surface area contributed by atoms with Gasteiger partial charge in [-0.25, -0.2) is 9.67 Å². The normalized spacial score (nSPS) is 18.1. The number of ether oxygens (including phenoxy) is 2. The number of aromatic nitrogens is 6. The standard InChI is InChI=1S/C38H46ClN9O3/c1-3-50-21-17-27-8-7-9-32-36(27)43-38(41-32)42-35-10-5-6-18-47(35)33-23-30(48-25-40-44-45-48)22-31(37(33)51-4-2)34(49)16-20-46-19-15-28(24-46)26-11-13-29(39)14-12-26/h7-9,11-14,22-23,25,28,35H,3-6,10,15-21,24H2,1-2H3,(H2,41,42,43). The summed E-state index contributed by atoms with van der Waals surface area (Å²) in [6.45, 7) is 9.05. The van der Waals surface area contributed by atoms with Crippen LogP contribution < -0.4 is 15.0 Å². The first-order valence-corrected chi connectivity index (χ1v) is 18.5. The fraction of sp³-hybridized carbons (Fsp3) is 0.447. The molecule has 0 amide bonds. The summed E-state index contributed by atoms with van der Waals surface area (Å²) in [6, 6.07) is 18.2. The van der Waals surface area contributed by atoms with Gasteiger partial charge < -0.3 is 29.6 Å². The first kappa shape index (κ1) is 34.9. The minimum absolute atomic E-state index is 0.0305. The average molecular weight is 712 g/mol. The summed E-state index contributed by atoms with van der Waals surface area (Å²) in [7, 11) is 0. The number of anilines is 2. The number of imidazole rings is 1. The molecule has 2 N–H and O–H groups in total. The average Bonchev–Trinajstić information content (AvgIpc) is 3.94. The number of carbonyl (C=O) groups is 1. The van der Waals surface area contributed by atoms with E-state index < -0.39 is 0 Å². The number of Topliss-reactive ketones (excluding diaryl/α,β-unsaturated/α-hetero) is 1. The summed E-state index contributed by atoms with van der Waals surface area (Å²) < 4.78 is 13.6. The quantitative estimate of drug-likeness (QED) is 0.0900. The summed E-state index contributed by atoms with van der Waals surface area (Å²) in [5.41, 5.74) is 6.45. The van der Waals surface area contributed by atoms with Crippen LogP contribution in [0.15, 0.2) is 60.9 Å². The van der Waals surface area contributed by atoms with Crippen LogP contribution in [-0.2, 0) is 11.2 Å². The predicted octanol–water partition coefficient (Wildman–Crippen LogP) is 6.66. The van der Waals surface area contributed by atoms with Crippen LogP contribution in [-0.4, -0.2) is 93.0 Å². The van der Waals surface area contributed by atoms with E-state index in [0.717, 1.165) is 79.0 Å². The van der Waals surface area contributed by atoms with Gasteiger partial charge in [-0.1, -0.05) is 35.9 Å². The molecule has 7 rings (SSSR count). The van der Waals surface area contributed by atoms with Crippen molar-refractivity contribution in [3.05, 3.63) is 82.6 Å². The zero-order valence-electron chi connectivity index (χ0n) is 29.4. The number of fused-ring (bicyclic) bond motifs is 1. The van der Waals surface area contributed by atoms with Gasteiger partial charge in [-0.05, 0) is 110 Å². The van der Waals surface area contributed by atoms with Gasteiger partial charge >= 0.3 is 0 Å². The third-order valence-electron chi connectivity index (χ3n) is 9.96. The van der Waals surface area contributed by atoms with Crippen LogP contribution >= 0.6 is 11.6 Å². The highest BCUT2D eigenvalue weighted by Gasteiger charge is 2.30. The van der Waals surface area contributed by atoms with Gasteiger partial charge in [0.2, 0.25) is 5.95 Å². The summed E-state index contributed by atoms with van der Waals surface area (Å²) in [5.74, 6) is 1.77. The summed E-state index contributed by atoms with van der Waals surface area (Å²) in [6.07, 6.45) is 6.65. The van der Waals surface area contributed by atoms with Gasteiger partial charge in [0.15, 0.2) is 11.5 Å². The first-order valence-electron chi connectivity index (χ1n) is 18.1. The molecule has 2 saturated heterocycles. The molecule has 0 saturated carbocycles. The van der Waals surface area contributed by atoms with Crippen LogP contribution in [0.2, 0.25) is 5.02 Å². The zero-order chi connectivity index (χ0) is 35.2. The molecule has 0 aliphatic carbocycles. The number of rotatable bonds is 15. The van der Waals surface area contributed by atoms with Crippen molar-refractivity contribution in [1.29, 1.82) is 0 Å². The van der Waals surface area contributed by atoms with Crippen LogP contribution in [0.25, 0.3) is 16.7 Å². The number of halogens is 1. The molecule has 2 aliphatic heterocycles. The largest absolute Gasteiger partial charge is 0.491 e. The van der Waals surface area contributed by atoms with Gasteiger partial charge in [0.1, 0.15) is 12.5 Å². The van der Waals surface area contributed by atoms with Crippen molar-refractivity contribution < 1.29 is 14.3 Å². The maximum absolute atomic E-state index is 14.2. The molecule has 0 radical (unpaired) electrons. The molecule has 13 heteroatoms. The first-order chi connectivity index (χ1) is 25.0. The molecule has 0 spiro atoms. The van der Waals surface area contributed by atoms with Gasteiger partial charge in [-0.2, -0.15) is 0 Å². The summed E-state index contributed by atoms with van der Waals surface area (Å²) in [5, 5.41) is 16.4. The van der Waals surface area contributed by atoms with Crippen LogP contribution in [0.1, 0.15) is 73.4 Å². The molecule has 0 bridgehead atoms. The predicted molar refractivity (Wildman–Crippen MR) is 199 cm³/mol. The number of tetrazole rings is 1. The second-order valence-corrected chi connectivity index (χ2v) is 13.7. The topological polar surface area (TPSA) is 126 Å². The number of nitrogens with one attached hydrogen (secondary N) is 2. The van der Waals surface area contributed by atoms with Crippen molar-refractivity contribution in [2.24, 2.45) is 0 Å². The Balaban J connectivity index is 1.15. The molecule has 268 valence electrons. The van der Waals surface area contributed by atoms with Crippen LogP contribution in [0, 0.1) is 0 Å². The third kappa shape index (κ3) is 8.03. The van der Waals surface area contributed by atoms with E-state index >= 15 is 0 Å². The van der Waals surface area contributed by atoms with Crippen LogP contribution in [0.3, 0.4) is 0 Å². The number of piperidine rings is 1. The molecular formula is C38H46ClN9O3. The van der Waals surface area contributed by atoms with E-state index in [2.05, 4.69) is 66.0 Å². The molecule has 2 fully saturated rings. The van der Waals surface area contributed by atoms with Gasteiger partial charge in [0.05, 0.1) is 41.2 Å². The lowest BCUT2D eigenvalue weighted by Gasteiger charge is -2.39. The molecule has 2 aliphatic rings. The van der Waals surface area contributed by atoms with E-state index in [1.807, 2.05) is 38.1 Å². The molecule has 4 heterocycles. The van der Waals surface area contributed by atoms with E-state index in [-0.39, 0.29) is 11.9 Å². The number of benzene rings is 3. The number of aromatic amines is 1. The summed E-state index contributed by atoms with van der Waals surface area (Å²) in [4.78, 5) is 27.4. The monoisotopic (exact) mass is 711 g/mol. The van der Waals surface area contributed by atoms with E-state index in [4.69, 9.17) is 26.1 Å². The lowest BCUT2D eigenvalue weighted by molar-refractivity contribution is 0.0965. The molecule has 12 nitrogen and oxygen atoms in total. The highest BCUT2D eigenvalue weighted by Crippen LogP contribution is 2.39. The molecule has 2 atom stereocenters. The number of hydrogen-bond donors (Lipinski definition) is 2. The maximum atomic E-state index is 14.2. The highest BCUT2D eigenvalue weighted by molar-refractivity contribution is 6.30. The Kier molecular flexibility index (Phi) is 11.1. The molecule has 5 aromatic rings. The second-order valence-electron chi connectivity index (χ2n) is 13.2. The van der Waals surface area contributed by atoms with E-state index in [1.165, 1.54) is 5.56 Å². The highest BCUT2D eigenvalue weighted by atomic mass is 35.5. The number of hydrogen-bond acceptors (Lipinski definition) is 10. The van der Waals surface area contributed by atoms with Crippen molar-refractivity contribution in [3.63, 3.8) is 0 Å². The van der Waals surface area contributed by atoms with Gasteiger partial charge in [-0.15, -0.1) is 5.10 Å². The van der Waals surface area contributed by atoms with Crippen molar-refractivity contribution in [2.45, 2.75) is 64.5 Å². The number of nitrogens with zero attached hydrogens (tertiary/aromatic N) is 7. The number of H-pyrrole nitrogens is 1. The number of para-hydroxylation sites is 1. The van der Waals surface area contributed by atoms with Crippen molar-refractivity contribution in [3.8, 4) is 11.4 Å². The molecule has 51 heavy (non-hydrogen) atoms. The molecule has 3 aromatic carbocycles. The molecule has 2 aromatic heterocycles. The number of carbonyl (C=O) groups excluding carboxylic acids is 1. The minimum atomic E-state index is -0.0909. The van der Waals surface area contributed by atoms with Crippen LogP contribution in [0.5, 0.6) is 5.75 Å². The van der Waals surface area contributed by atoms with Gasteiger partial charge in [-0.3, -0.25) is 4.79 Å². The fourth-order valence-electron chi connectivity index (χ4n) is 7.38. The Morgan fingerprint density at radius 2 is 1.94 bits per heavy atom. The molecular weight excluding hydrogens is 666 g/mol. The van der Waals surface area contributed by atoms with E-state index in [1.54, 1.807) is 11.0 Å². The lowest BCUT2D eigenvalue weighted by atomic mass is 9.99. The Morgan fingerprint density at radius 1 is 1.06 bits per heavy atom. The van der Waals surface area contributed by atoms with Crippen molar-refractivity contribution in [2.75, 3.05) is 56.2 Å². The Morgan fingerprint density at radius 3 is 2.75 bits per heavy atom. The Labute approximate surface area is 303 Å². The maximum Gasteiger partial charge on any atom is 0.202 e. The van der Waals surface area contributed by atoms with Crippen LogP contribution in [0.4, 0.5) is 11.6 Å². The SMILES string of the molecule is CCOCCc1cccc2[nH]c(NC3CCCCN3c3cc(-n4cnnn4)cc(C(=O)CCN4CCC(c5ccc(Cl)cc5)C4)c3OCC)nc12. The Hall–Kier alpha value is -4.52. The van der Waals surface area contributed by atoms with E-state index in [9.17, 15) is 4.79 Å². The lowest BCUT2D eigenvalue weighted by Crippen LogP contribution is -2.45. The number of ketones is 1. The van der Waals surface area contributed by atoms with Gasteiger partial charge in [0, 0.05) is 37.7 Å². The fourth-order valence-corrected chi connectivity index (χ4v) is 7.51. The zero-order valence-corrected chi connectivity index (χ0v) is 30.1. The van der Waals surface area contributed by atoms with E-state index in [0.29, 0.717) is 61.7 Å².